The van der Waals surface area contributed by atoms with Gasteiger partial charge in [-0.15, -0.1) is 0 Å². The highest BCUT2D eigenvalue weighted by Gasteiger charge is 2.32. The normalized spacial score (nSPS) is 13.3. The first-order chi connectivity index (χ1) is 15.5. The van der Waals surface area contributed by atoms with E-state index in [0.29, 0.717) is 23.8 Å². The minimum atomic E-state index is -0.312. The van der Waals surface area contributed by atoms with E-state index in [1.807, 2.05) is 31.2 Å². The molecule has 7 heteroatoms. The summed E-state index contributed by atoms with van der Waals surface area (Å²) in [5.74, 6) is 0.754. The lowest BCUT2D eigenvalue weighted by atomic mass is 10.1. The quantitative estimate of drug-likeness (QED) is 0.449. The molecule has 0 saturated carbocycles. The molecule has 3 aromatic carbocycles. The summed E-state index contributed by atoms with van der Waals surface area (Å²) in [6.45, 7) is 2.69. The first kappa shape index (κ1) is 21.6. The zero-order valence-electron chi connectivity index (χ0n) is 17.5. The molecule has 0 aliphatic carbocycles. The molecule has 0 saturated heterocycles. The number of para-hydroxylation sites is 1. The minimum Gasteiger partial charge on any atom is -0.494 e. The molecule has 1 aliphatic rings. The van der Waals surface area contributed by atoms with Crippen LogP contribution in [-0.4, -0.2) is 23.3 Å². The Morgan fingerprint density at radius 2 is 1.78 bits per heavy atom. The van der Waals surface area contributed by atoms with Gasteiger partial charge in [0.25, 0.3) is 5.91 Å². The largest absolute Gasteiger partial charge is 0.494 e. The van der Waals surface area contributed by atoms with Gasteiger partial charge in [0.2, 0.25) is 5.11 Å². The highest BCUT2D eigenvalue weighted by Crippen LogP contribution is 2.26. The standard InChI is InChI=1S/C25H21FN2O3S/c1-2-30-21-12-10-20(11-13-21)28-24(29)22(27-25(28)32)15-18-7-3-4-9-23(18)31-16-17-6-5-8-19(26)14-17/h3-14H,2,15-16H2,1H3. The second-order valence-electron chi connectivity index (χ2n) is 7.11. The van der Waals surface area contributed by atoms with Crippen LogP contribution >= 0.6 is 12.2 Å². The molecule has 0 N–H and O–H groups in total. The predicted octanol–water partition coefficient (Wildman–Crippen LogP) is 5.12. The number of carbonyl (C=O) groups is 1. The molecular formula is C25H21FN2O3S. The number of rotatable bonds is 8. The molecular weight excluding hydrogens is 427 g/mol. The van der Waals surface area contributed by atoms with Crippen LogP contribution in [0.2, 0.25) is 0 Å². The first-order valence-corrected chi connectivity index (χ1v) is 10.6. The maximum atomic E-state index is 13.4. The van der Waals surface area contributed by atoms with Crippen molar-refractivity contribution in [3.05, 3.63) is 89.7 Å². The monoisotopic (exact) mass is 448 g/mol. The fraction of sp³-hybridized carbons (Fsp3) is 0.160. The number of thiocarbonyl (C=S) groups is 1. The fourth-order valence-electron chi connectivity index (χ4n) is 3.39. The molecule has 1 amide bonds. The summed E-state index contributed by atoms with van der Waals surface area (Å²) in [4.78, 5) is 18.8. The number of benzene rings is 3. The minimum absolute atomic E-state index is 0.201. The Kier molecular flexibility index (Phi) is 6.56. The summed E-state index contributed by atoms with van der Waals surface area (Å²) in [6.07, 6.45) is 0.270. The van der Waals surface area contributed by atoms with Gasteiger partial charge >= 0.3 is 0 Å². The lowest BCUT2D eigenvalue weighted by Gasteiger charge is -2.16. The molecule has 1 heterocycles. The number of ether oxygens (including phenoxy) is 2. The maximum Gasteiger partial charge on any atom is 0.279 e. The van der Waals surface area contributed by atoms with Crippen LogP contribution in [0.25, 0.3) is 0 Å². The molecule has 0 atom stereocenters. The van der Waals surface area contributed by atoms with E-state index in [1.54, 1.807) is 36.4 Å². The average Bonchev–Trinajstić information content (AvgIpc) is 3.07. The molecule has 0 fully saturated rings. The Bertz CT molecular complexity index is 1180. The molecule has 0 unspecified atom stereocenters. The lowest BCUT2D eigenvalue weighted by Crippen LogP contribution is -2.33. The van der Waals surface area contributed by atoms with E-state index < -0.39 is 0 Å². The van der Waals surface area contributed by atoms with Crippen LogP contribution in [0.4, 0.5) is 10.1 Å². The van der Waals surface area contributed by atoms with Gasteiger partial charge in [0.15, 0.2) is 0 Å². The molecule has 4 rings (SSSR count). The third-order valence-electron chi connectivity index (χ3n) is 4.89. The smallest absolute Gasteiger partial charge is 0.279 e. The third kappa shape index (κ3) is 4.84. The van der Waals surface area contributed by atoms with E-state index >= 15 is 0 Å². The second kappa shape index (κ2) is 9.70. The van der Waals surface area contributed by atoms with E-state index in [9.17, 15) is 9.18 Å². The number of halogens is 1. The van der Waals surface area contributed by atoms with E-state index in [1.165, 1.54) is 17.0 Å². The summed E-state index contributed by atoms with van der Waals surface area (Å²) in [5.41, 5.74) is 2.49. The van der Waals surface area contributed by atoms with Crippen molar-refractivity contribution in [3.63, 3.8) is 0 Å². The van der Waals surface area contributed by atoms with E-state index in [-0.39, 0.29) is 29.9 Å². The van der Waals surface area contributed by atoms with Crippen molar-refractivity contribution < 1.29 is 18.7 Å². The summed E-state index contributed by atoms with van der Waals surface area (Å²) < 4.78 is 24.8. The average molecular weight is 449 g/mol. The van der Waals surface area contributed by atoms with Crippen molar-refractivity contribution in [1.29, 1.82) is 0 Å². The van der Waals surface area contributed by atoms with Crippen LogP contribution in [-0.2, 0) is 17.8 Å². The van der Waals surface area contributed by atoms with Crippen molar-refractivity contribution >= 4 is 34.6 Å². The number of carbonyl (C=O) groups excluding carboxylic acids is 1. The molecule has 0 aromatic heterocycles. The number of hydrogen-bond acceptors (Lipinski definition) is 4. The number of nitrogens with zero attached hydrogens (tertiary/aromatic N) is 2. The van der Waals surface area contributed by atoms with E-state index in [0.717, 1.165) is 16.9 Å². The van der Waals surface area contributed by atoms with Crippen molar-refractivity contribution in [2.45, 2.75) is 20.0 Å². The van der Waals surface area contributed by atoms with Crippen LogP contribution < -0.4 is 14.4 Å². The molecule has 0 spiro atoms. The lowest BCUT2D eigenvalue weighted by molar-refractivity contribution is -0.111. The zero-order valence-corrected chi connectivity index (χ0v) is 18.3. The Balaban J connectivity index is 1.48. The Morgan fingerprint density at radius 3 is 2.53 bits per heavy atom. The Hall–Kier alpha value is -3.58. The summed E-state index contributed by atoms with van der Waals surface area (Å²) >= 11 is 5.36. The molecule has 1 aliphatic heterocycles. The first-order valence-electron chi connectivity index (χ1n) is 10.2. The van der Waals surface area contributed by atoms with Gasteiger partial charge in [-0.3, -0.25) is 9.69 Å². The van der Waals surface area contributed by atoms with E-state index in [2.05, 4.69) is 4.99 Å². The third-order valence-corrected chi connectivity index (χ3v) is 5.17. The molecule has 3 aromatic rings. The van der Waals surface area contributed by atoms with Crippen molar-refractivity contribution in [1.82, 2.24) is 0 Å². The van der Waals surface area contributed by atoms with Gasteiger partial charge in [-0.2, -0.15) is 0 Å². The van der Waals surface area contributed by atoms with Gasteiger partial charge in [-0.05, 0) is 67.2 Å². The Labute approximate surface area is 191 Å². The second-order valence-corrected chi connectivity index (χ2v) is 7.48. The van der Waals surface area contributed by atoms with Crippen molar-refractivity contribution in [2.75, 3.05) is 11.5 Å². The van der Waals surface area contributed by atoms with Gasteiger partial charge in [0.05, 0.1) is 12.3 Å². The van der Waals surface area contributed by atoms with Gasteiger partial charge in [0.1, 0.15) is 29.6 Å². The Morgan fingerprint density at radius 1 is 1.00 bits per heavy atom. The van der Waals surface area contributed by atoms with Crippen LogP contribution in [0.15, 0.2) is 77.8 Å². The molecule has 5 nitrogen and oxygen atoms in total. The highest BCUT2D eigenvalue weighted by atomic mass is 32.1. The number of aliphatic imine (C=N–C) groups is 1. The SMILES string of the molecule is CCOc1ccc(N2C(=O)C(Cc3ccccc3OCc3cccc(F)c3)=NC2=S)cc1. The molecule has 32 heavy (non-hydrogen) atoms. The van der Waals surface area contributed by atoms with E-state index in [4.69, 9.17) is 21.7 Å². The van der Waals surface area contributed by atoms with Crippen molar-refractivity contribution in [2.24, 2.45) is 4.99 Å². The van der Waals surface area contributed by atoms with Crippen LogP contribution in [0, 0.1) is 5.82 Å². The van der Waals surface area contributed by atoms with Crippen LogP contribution in [0.3, 0.4) is 0 Å². The highest BCUT2D eigenvalue weighted by molar-refractivity contribution is 7.80. The van der Waals surface area contributed by atoms with Gasteiger partial charge in [-0.1, -0.05) is 30.3 Å². The molecule has 162 valence electrons. The van der Waals surface area contributed by atoms with Gasteiger partial charge < -0.3 is 9.47 Å². The zero-order chi connectivity index (χ0) is 22.5. The molecule has 0 bridgehead atoms. The topological polar surface area (TPSA) is 51.1 Å². The summed E-state index contributed by atoms with van der Waals surface area (Å²) in [5, 5.41) is 0.201. The number of amides is 1. The van der Waals surface area contributed by atoms with Crippen molar-refractivity contribution in [3.8, 4) is 11.5 Å². The maximum absolute atomic E-state index is 13.4. The number of anilines is 1. The number of hydrogen-bond donors (Lipinski definition) is 0. The van der Waals surface area contributed by atoms with Gasteiger partial charge in [0, 0.05) is 12.0 Å². The van der Waals surface area contributed by atoms with Gasteiger partial charge in [-0.25, -0.2) is 9.38 Å². The predicted molar refractivity (Wildman–Crippen MR) is 126 cm³/mol. The summed E-state index contributed by atoms with van der Waals surface area (Å²) in [6, 6.07) is 20.8. The summed E-state index contributed by atoms with van der Waals surface area (Å²) in [7, 11) is 0. The van der Waals surface area contributed by atoms with Crippen LogP contribution in [0.1, 0.15) is 18.1 Å². The van der Waals surface area contributed by atoms with Crippen LogP contribution in [0.5, 0.6) is 11.5 Å². The fourth-order valence-corrected chi connectivity index (χ4v) is 3.69. The molecule has 0 radical (unpaired) electrons.